The highest BCUT2D eigenvalue weighted by Gasteiger charge is 2.19. The summed E-state index contributed by atoms with van der Waals surface area (Å²) < 4.78 is 3.75. The van der Waals surface area contributed by atoms with Gasteiger partial charge in [0, 0.05) is 17.8 Å². The van der Waals surface area contributed by atoms with E-state index in [9.17, 15) is 9.59 Å². The first-order valence-electron chi connectivity index (χ1n) is 17.4. The predicted molar refractivity (Wildman–Crippen MR) is 221 cm³/mol. The van der Waals surface area contributed by atoms with Crippen LogP contribution in [0.25, 0.3) is 26.7 Å². The molecule has 0 saturated carbocycles. The van der Waals surface area contributed by atoms with Crippen LogP contribution in [-0.2, 0) is 16.0 Å². The van der Waals surface area contributed by atoms with Gasteiger partial charge in [-0.25, -0.2) is 4.98 Å². The topological polar surface area (TPSA) is 102 Å². The normalized spacial score (nSPS) is 11.3. The molecule has 266 valence electrons. The third kappa shape index (κ3) is 8.23. The molecule has 0 aliphatic heterocycles. The summed E-state index contributed by atoms with van der Waals surface area (Å²) >= 11 is 4.25. The molecule has 2 amide bonds. The Morgan fingerprint density at radius 3 is 2.11 bits per heavy atom. The first-order valence-corrected chi connectivity index (χ1v) is 20.2. The van der Waals surface area contributed by atoms with E-state index in [1.165, 1.54) is 45.6 Å². The Labute approximate surface area is 325 Å². The number of fused-ring (bicyclic) bond motifs is 2. The number of aromatic nitrogens is 4. The van der Waals surface area contributed by atoms with Gasteiger partial charge in [-0.05, 0) is 57.8 Å². The average molecular weight is 763 g/mol. The molecule has 2 N–H and O–H groups in total. The van der Waals surface area contributed by atoms with E-state index in [0.717, 1.165) is 42.8 Å². The molecule has 0 aliphatic carbocycles. The van der Waals surface area contributed by atoms with Crippen molar-refractivity contribution in [3.8, 4) is 5.69 Å². The molecule has 6 aromatic carbocycles. The summed E-state index contributed by atoms with van der Waals surface area (Å²) in [7, 11) is 0. The maximum atomic E-state index is 13.2. The van der Waals surface area contributed by atoms with E-state index in [-0.39, 0.29) is 29.4 Å². The second kappa shape index (κ2) is 16.5. The number of carbonyl (C=O) groups excluding carboxylic acids is 2. The van der Waals surface area contributed by atoms with Crippen LogP contribution in [0.4, 0.5) is 5.69 Å². The number of hydrogen-bond donors (Lipinski definition) is 2. The van der Waals surface area contributed by atoms with E-state index >= 15 is 0 Å². The molecule has 2 heterocycles. The molecule has 2 aromatic heterocycles. The predicted octanol–water partition coefficient (Wildman–Crippen LogP) is 9.35. The third-order valence-corrected chi connectivity index (χ3v) is 11.9. The molecular formula is C43H34N6O2S3. The van der Waals surface area contributed by atoms with E-state index in [1.807, 2.05) is 126 Å². The number of rotatable bonds is 13. The fourth-order valence-electron chi connectivity index (χ4n) is 6.31. The number of thioether (sulfide) groups is 2. The van der Waals surface area contributed by atoms with Crippen molar-refractivity contribution >= 4 is 73.4 Å². The monoisotopic (exact) mass is 762 g/mol. The molecule has 0 fully saturated rings. The molecule has 8 nitrogen and oxygen atoms in total. The highest BCUT2D eigenvalue weighted by Crippen LogP contribution is 2.32. The van der Waals surface area contributed by atoms with Gasteiger partial charge in [-0.1, -0.05) is 145 Å². The summed E-state index contributed by atoms with van der Waals surface area (Å²) in [6, 6.07) is 50.0. The number of carbonyl (C=O) groups is 2. The summed E-state index contributed by atoms with van der Waals surface area (Å²) in [5.74, 6) is 0.956. The number of nitrogens with one attached hydrogen (secondary N) is 2. The van der Waals surface area contributed by atoms with Crippen LogP contribution in [0.5, 0.6) is 0 Å². The number of hydrogen-bond acceptors (Lipinski definition) is 8. The lowest BCUT2D eigenvalue weighted by atomic mass is 9.99. The number of anilines is 1. The van der Waals surface area contributed by atoms with Crippen molar-refractivity contribution < 1.29 is 9.59 Å². The molecule has 8 aromatic rings. The smallest absolute Gasteiger partial charge is 0.234 e. The zero-order chi connectivity index (χ0) is 36.7. The van der Waals surface area contributed by atoms with E-state index in [4.69, 9.17) is 4.98 Å². The highest BCUT2D eigenvalue weighted by molar-refractivity contribution is 8.01. The fraction of sp³-hybridized carbons (Fsp3) is 0.0930. The molecule has 8 rings (SSSR count). The van der Waals surface area contributed by atoms with Gasteiger partial charge in [0.1, 0.15) is 5.82 Å². The van der Waals surface area contributed by atoms with Crippen molar-refractivity contribution in [2.24, 2.45) is 0 Å². The number of benzene rings is 6. The van der Waals surface area contributed by atoms with Crippen molar-refractivity contribution in [2.45, 2.75) is 22.0 Å². The molecule has 0 aliphatic rings. The second-order valence-corrected chi connectivity index (χ2v) is 15.7. The molecule has 0 unspecified atom stereocenters. The van der Waals surface area contributed by atoms with E-state index in [1.54, 1.807) is 0 Å². The average Bonchev–Trinajstić information content (AvgIpc) is 3.82. The summed E-state index contributed by atoms with van der Waals surface area (Å²) in [5, 5.41) is 18.4. The fourth-order valence-corrected chi connectivity index (χ4v) is 9.00. The van der Waals surface area contributed by atoms with Gasteiger partial charge in [0.05, 0.1) is 27.8 Å². The Bertz CT molecular complexity index is 2500. The Morgan fingerprint density at radius 2 is 1.35 bits per heavy atom. The van der Waals surface area contributed by atoms with Gasteiger partial charge >= 0.3 is 0 Å². The molecule has 0 atom stereocenters. The van der Waals surface area contributed by atoms with Gasteiger partial charge in [0.15, 0.2) is 9.50 Å². The maximum Gasteiger partial charge on any atom is 0.234 e. The standard InChI is InChI=1S/C43H34N6O2S3/c50-39(27-52-42-48-47-38(49(42)34-20-8-3-9-21-34)25-32-19-12-18-29-13-10-11-22-35(29)32)44-33-23-24-36-37(26-33)54-43(45-36)53-28-40(51)46-41(30-14-4-1-5-15-30)31-16-6-2-7-17-31/h1-24,26,41H,25,27-28H2,(H,44,50)(H,46,51). The van der Waals surface area contributed by atoms with Gasteiger partial charge in [-0.3, -0.25) is 14.2 Å². The minimum atomic E-state index is -0.244. The zero-order valence-electron chi connectivity index (χ0n) is 29.0. The first kappa shape index (κ1) is 35.3. The molecule has 0 radical (unpaired) electrons. The first-order chi connectivity index (χ1) is 26.6. The van der Waals surface area contributed by atoms with E-state index in [2.05, 4.69) is 51.2 Å². The molecule has 0 saturated heterocycles. The number of thiazole rings is 1. The van der Waals surface area contributed by atoms with Gasteiger partial charge in [0.2, 0.25) is 11.8 Å². The Kier molecular flexibility index (Phi) is 10.8. The van der Waals surface area contributed by atoms with Gasteiger partial charge in [0.25, 0.3) is 0 Å². The third-order valence-electron chi connectivity index (χ3n) is 8.83. The number of para-hydroxylation sites is 1. The Hall–Kier alpha value is -5.75. The van der Waals surface area contributed by atoms with Crippen LogP contribution in [0.2, 0.25) is 0 Å². The van der Waals surface area contributed by atoms with E-state index < -0.39 is 0 Å². The van der Waals surface area contributed by atoms with Crippen molar-refractivity contribution in [1.82, 2.24) is 25.1 Å². The van der Waals surface area contributed by atoms with Crippen LogP contribution in [0.1, 0.15) is 28.6 Å². The lowest BCUT2D eigenvalue weighted by Crippen LogP contribution is -2.30. The Morgan fingerprint density at radius 1 is 0.685 bits per heavy atom. The maximum absolute atomic E-state index is 13.2. The molecule has 54 heavy (non-hydrogen) atoms. The molecule has 0 bridgehead atoms. The minimum Gasteiger partial charge on any atom is -0.344 e. The van der Waals surface area contributed by atoms with E-state index in [0.29, 0.717) is 17.3 Å². The number of amides is 2. The largest absolute Gasteiger partial charge is 0.344 e. The lowest BCUT2D eigenvalue weighted by Gasteiger charge is -2.19. The number of nitrogens with zero attached hydrogens (tertiary/aromatic N) is 4. The molecule has 0 spiro atoms. The second-order valence-electron chi connectivity index (χ2n) is 12.5. The SMILES string of the molecule is O=C(CSc1nnc(Cc2cccc3ccccc23)n1-c1ccccc1)Nc1ccc2nc(SCC(=O)NC(c3ccccc3)c3ccccc3)sc2c1. The van der Waals surface area contributed by atoms with Crippen molar-refractivity contribution in [3.05, 3.63) is 174 Å². The molecular weight excluding hydrogens is 729 g/mol. The van der Waals surface area contributed by atoms with Crippen LogP contribution in [0.3, 0.4) is 0 Å². The van der Waals surface area contributed by atoms with Crippen molar-refractivity contribution in [3.63, 3.8) is 0 Å². The van der Waals surface area contributed by atoms with Crippen molar-refractivity contribution in [2.75, 3.05) is 16.8 Å². The quantitative estimate of drug-likeness (QED) is 0.113. The summed E-state index contributed by atoms with van der Waals surface area (Å²) in [5.41, 5.74) is 5.64. The van der Waals surface area contributed by atoms with Crippen LogP contribution >= 0.6 is 34.9 Å². The van der Waals surface area contributed by atoms with Gasteiger partial charge < -0.3 is 10.6 Å². The Balaban J connectivity index is 0.909. The summed E-state index contributed by atoms with van der Waals surface area (Å²) in [6.07, 6.45) is 0.595. The lowest BCUT2D eigenvalue weighted by molar-refractivity contribution is -0.119. The highest BCUT2D eigenvalue weighted by atomic mass is 32.2. The van der Waals surface area contributed by atoms with Gasteiger partial charge in [-0.2, -0.15) is 0 Å². The van der Waals surface area contributed by atoms with Crippen LogP contribution in [0.15, 0.2) is 161 Å². The van der Waals surface area contributed by atoms with Crippen LogP contribution in [-0.4, -0.2) is 43.1 Å². The summed E-state index contributed by atoms with van der Waals surface area (Å²) in [4.78, 5) is 31.1. The van der Waals surface area contributed by atoms with Crippen LogP contribution in [0, 0.1) is 0 Å². The minimum absolute atomic E-state index is 0.0776. The summed E-state index contributed by atoms with van der Waals surface area (Å²) in [6.45, 7) is 0. The zero-order valence-corrected chi connectivity index (χ0v) is 31.4. The van der Waals surface area contributed by atoms with Crippen LogP contribution < -0.4 is 10.6 Å². The van der Waals surface area contributed by atoms with Crippen molar-refractivity contribution in [1.29, 1.82) is 0 Å². The molecule has 11 heteroatoms. The van der Waals surface area contributed by atoms with Gasteiger partial charge in [-0.15, -0.1) is 21.5 Å².